The second-order valence-electron chi connectivity index (χ2n) is 1.79. The lowest BCUT2D eigenvalue weighted by Crippen LogP contribution is -2.47. The smallest absolute Gasteiger partial charge is 0.0254 e. The molecule has 0 atom stereocenters. The molecule has 0 unspecified atom stereocenters. The number of nitrogens with two attached hydrogens (primary N) is 3. The molecule has 1 heterocycles. The van der Waals surface area contributed by atoms with E-state index in [9.17, 15) is 0 Å². The Balaban J connectivity index is 0.000000291. The second-order valence-corrected chi connectivity index (χ2v) is 1.79. The van der Waals surface area contributed by atoms with Gasteiger partial charge in [0.1, 0.15) is 0 Å². The first-order chi connectivity index (χ1) is 4.39. The van der Waals surface area contributed by atoms with Crippen LogP contribution in [-0.4, -0.2) is 31.2 Å². The zero-order valence-corrected chi connectivity index (χ0v) is 5.51. The molecular formula is C4H15N5. The van der Waals surface area contributed by atoms with Gasteiger partial charge in [-0.05, 0) is 0 Å². The van der Waals surface area contributed by atoms with E-state index in [4.69, 9.17) is 5.84 Å². The van der Waals surface area contributed by atoms with E-state index in [0.29, 0.717) is 0 Å². The molecule has 0 aliphatic carbocycles. The van der Waals surface area contributed by atoms with Gasteiger partial charge in [0.15, 0.2) is 0 Å². The normalized spacial score (nSPS) is 20.3. The minimum atomic E-state index is 0.986. The van der Waals surface area contributed by atoms with E-state index in [1.165, 1.54) is 0 Å². The van der Waals surface area contributed by atoms with Gasteiger partial charge in [0.05, 0.1) is 0 Å². The van der Waals surface area contributed by atoms with E-state index in [2.05, 4.69) is 17.0 Å². The van der Waals surface area contributed by atoms with E-state index >= 15 is 0 Å². The molecule has 0 aromatic carbocycles. The summed E-state index contributed by atoms with van der Waals surface area (Å²) in [4.78, 5) is 0. The van der Waals surface area contributed by atoms with Crippen LogP contribution in [0.5, 0.6) is 0 Å². The largest absolute Gasteiger partial charge is 0.314 e. The highest BCUT2D eigenvalue weighted by molar-refractivity contribution is 4.60. The van der Waals surface area contributed by atoms with Gasteiger partial charge in [0.25, 0.3) is 0 Å². The van der Waals surface area contributed by atoms with Crippen LogP contribution < -0.4 is 22.8 Å². The standard InChI is InChI=1S/C4H11N3.H4N2/c5-7-3-1-6-2-4-7;1-2/h6H,1-5H2;1-2H2. The summed E-state index contributed by atoms with van der Waals surface area (Å²) in [7, 11) is 0. The lowest BCUT2D eigenvalue weighted by Gasteiger charge is -2.21. The van der Waals surface area contributed by atoms with Crippen molar-refractivity contribution in [1.29, 1.82) is 0 Å². The maximum absolute atomic E-state index is 5.43. The number of rotatable bonds is 0. The van der Waals surface area contributed by atoms with Crippen molar-refractivity contribution in [3.8, 4) is 0 Å². The summed E-state index contributed by atoms with van der Waals surface area (Å²) in [6.45, 7) is 4.05. The van der Waals surface area contributed by atoms with E-state index in [-0.39, 0.29) is 0 Å². The molecule has 0 aromatic rings. The van der Waals surface area contributed by atoms with Crippen molar-refractivity contribution in [2.45, 2.75) is 0 Å². The molecule has 0 saturated carbocycles. The topological polar surface area (TPSA) is 93.3 Å². The molecule has 0 spiro atoms. The number of nitrogens with one attached hydrogen (secondary N) is 1. The van der Waals surface area contributed by atoms with E-state index in [1.807, 2.05) is 5.01 Å². The van der Waals surface area contributed by atoms with Crippen molar-refractivity contribution in [2.24, 2.45) is 17.5 Å². The van der Waals surface area contributed by atoms with E-state index < -0.39 is 0 Å². The third-order valence-electron chi connectivity index (χ3n) is 1.15. The SMILES string of the molecule is NN.NN1CCNCC1. The van der Waals surface area contributed by atoms with Crippen molar-refractivity contribution in [3.63, 3.8) is 0 Å². The average Bonchev–Trinajstić information content (AvgIpc) is 1.94. The van der Waals surface area contributed by atoms with Crippen LogP contribution in [0.3, 0.4) is 0 Å². The number of hydrogen-bond acceptors (Lipinski definition) is 5. The Kier molecular flexibility index (Phi) is 5.80. The summed E-state index contributed by atoms with van der Waals surface area (Å²) in [5.74, 6) is 13.4. The van der Waals surface area contributed by atoms with Crippen LogP contribution in [-0.2, 0) is 0 Å². The fourth-order valence-corrected chi connectivity index (χ4v) is 0.682. The Labute approximate surface area is 55.1 Å². The molecule has 0 amide bonds. The summed E-state index contributed by atoms with van der Waals surface area (Å²) in [6.07, 6.45) is 0. The first-order valence-electron chi connectivity index (χ1n) is 2.93. The lowest BCUT2D eigenvalue weighted by molar-refractivity contribution is 0.248. The molecule has 0 aromatic heterocycles. The van der Waals surface area contributed by atoms with Crippen LogP contribution in [0.2, 0.25) is 0 Å². The monoisotopic (exact) mass is 133 g/mol. The molecule has 1 aliphatic heterocycles. The zero-order valence-electron chi connectivity index (χ0n) is 5.51. The molecule has 1 rings (SSSR count). The average molecular weight is 133 g/mol. The van der Waals surface area contributed by atoms with Gasteiger partial charge in [-0.15, -0.1) is 0 Å². The lowest BCUT2D eigenvalue weighted by atomic mass is 10.4. The van der Waals surface area contributed by atoms with Gasteiger partial charge in [-0.25, -0.2) is 5.01 Å². The molecule has 7 N–H and O–H groups in total. The molecule has 5 nitrogen and oxygen atoms in total. The van der Waals surface area contributed by atoms with Crippen molar-refractivity contribution in [3.05, 3.63) is 0 Å². The summed E-state index contributed by atoms with van der Waals surface area (Å²) >= 11 is 0. The van der Waals surface area contributed by atoms with E-state index in [0.717, 1.165) is 26.2 Å². The highest BCUT2D eigenvalue weighted by Crippen LogP contribution is 1.79. The predicted octanol–water partition coefficient (Wildman–Crippen LogP) is -2.42. The van der Waals surface area contributed by atoms with Crippen LogP contribution >= 0.6 is 0 Å². The molecule has 56 valence electrons. The zero-order chi connectivity index (χ0) is 7.11. The van der Waals surface area contributed by atoms with Crippen molar-refractivity contribution >= 4 is 0 Å². The highest BCUT2D eigenvalue weighted by atomic mass is 15.4. The second kappa shape index (κ2) is 5.93. The Bertz CT molecular complexity index is 50.9. The van der Waals surface area contributed by atoms with Gasteiger partial charge >= 0.3 is 0 Å². The molecule has 0 bridgehead atoms. The first-order valence-corrected chi connectivity index (χ1v) is 2.93. The van der Waals surface area contributed by atoms with Gasteiger partial charge in [0.2, 0.25) is 0 Å². The Morgan fingerprint density at radius 3 is 1.78 bits per heavy atom. The molecular weight excluding hydrogens is 118 g/mol. The van der Waals surface area contributed by atoms with Crippen molar-refractivity contribution in [2.75, 3.05) is 26.2 Å². The number of hydrogen-bond donors (Lipinski definition) is 4. The third-order valence-corrected chi connectivity index (χ3v) is 1.15. The van der Waals surface area contributed by atoms with Crippen LogP contribution in [0.1, 0.15) is 0 Å². The number of piperazine rings is 1. The van der Waals surface area contributed by atoms with Crippen LogP contribution in [0.4, 0.5) is 0 Å². The van der Waals surface area contributed by atoms with Gasteiger partial charge in [0, 0.05) is 26.2 Å². The summed E-state index contributed by atoms with van der Waals surface area (Å²) < 4.78 is 0. The van der Waals surface area contributed by atoms with E-state index in [1.54, 1.807) is 0 Å². The molecule has 9 heavy (non-hydrogen) atoms. The van der Waals surface area contributed by atoms with Crippen LogP contribution in [0, 0.1) is 0 Å². The van der Waals surface area contributed by atoms with Gasteiger partial charge in [-0.1, -0.05) is 0 Å². The molecule has 1 fully saturated rings. The fourth-order valence-electron chi connectivity index (χ4n) is 0.682. The highest BCUT2D eigenvalue weighted by Gasteiger charge is 2.01. The van der Waals surface area contributed by atoms with Crippen LogP contribution in [0.15, 0.2) is 0 Å². The van der Waals surface area contributed by atoms with Crippen molar-refractivity contribution < 1.29 is 0 Å². The third kappa shape index (κ3) is 4.31. The number of nitrogens with zero attached hydrogens (tertiary/aromatic N) is 1. The minimum absolute atomic E-state index is 0.986. The summed E-state index contributed by atoms with van der Waals surface area (Å²) in [5.41, 5.74) is 0. The maximum atomic E-state index is 5.43. The maximum Gasteiger partial charge on any atom is 0.0254 e. The molecule has 1 saturated heterocycles. The summed E-state index contributed by atoms with van der Waals surface area (Å²) in [5, 5.41) is 5.02. The number of hydrazine groups is 2. The Hall–Kier alpha value is -0.200. The summed E-state index contributed by atoms with van der Waals surface area (Å²) in [6, 6.07) is 0. The Morgan fingerprint density at radius 2 is 1.56 bits per heavy atom. The minimum Gasteiger partial charge on any atom is -0.314 e. The van der Waals surface area contributed by atoms with Gasteiger partial charge in [-0.2, -0.15) is 0 Å². The molecule has 0 radical (unpaired) electrons. The molecule has 5 heteroatoms. The molecule has 1 aliphatic rings. The van der Waals surface area contributed by atoms with Crippen LogP contribution in [0.25, 0.3) is 0 Å². The Morgan fingerprint density at radius 1 is 1.11 bits per heavy atom. The van der Waals surface area contributed by atoms with Gasteiger partial charge in [-0.3, -0.25) is 17.5 Å². The van der Waals surface area contributed by atoms with Crippen molar-refractivity contribution in [1.82, 2.24) is 10.3 Å². The first kappa shape index (κ1) is 8.80. The fraction of sp³-hybridized carbons (Fsp3) is 1.00. The predicted molar refractivity (Wildman–Crippen MR) is 37.0 cm³/mol. The van der Waals surface area contributed by atoms with Gasteiger partial charge < -0.3 is 5.32 Å². The quantitative estimate of drug-likeness (QED) is 0.218.